The fourth-order valence-corrected chi connectivity index (χ4v) is 5.92. The van der Waals surface area contributed by atoms with Gasteiger partial charge in [-0.15, -0.1) is 0 Å². The maximum Gasteiger partial charge on any atom is 0.350 e. The first-order valence-electron chi connectivity index (χ1n) is 13.6. The zero-order valence-corrected chi connectivity index (χ0v) is 23.9. The maximum absolute atomic E-state index is 13.9. The number of aryl methyl sites for hydroxylation is 2. The lowest BCUT2D eigenvalue weighted by atomic mass is 9.98. The van der Waals surface area contributed by atoms with E-state index in [1.807, 2.05) is 37.3 Å². The number of ether oxygens (including phenoxy) is 2. The van der Waals surface area contributed by atoms with Gasteiger partial charge in [0, 0.05) is 0 Å². The minimum absolute atomic E-state index is 0.0202. The Hall–Kier alpha value is -3.98. The van der Waals surface area contributed by atoms with E-state index in [1.165, 1.54) is 11.3 Å². The van der Waals surface area contributed by atoms with Crippen molar-refractivity contribution >= 4 is 39.3 Å². The molecule has 1 aliphatic rings. The number of unbranched alkanes of at least 4 members (excludes halogenated alkanes) is 3. The highest BCUT2D eigenvalue weighted by molar-refractivity contribution is 7.17. The van der Waals surface area contributed by atoms with E-state index in [1.54, 1.807) is 26.0 Å². The number of hydrogen-bond acceptors (Lipinski definition) is 8. The normalized spacial score (nSPS) is 14.6. The number of amides is 1. The number of nitrogens with zero attached hydrogens (tertiary/aromatic N) is 2. The summed E-state index contributed by atoms with van der Waals surface area (Å²) in [6.45, 7) is 8.34. The van der Waals surface area contributed by atoms with Gasteiger partial charge in [-0.3, -0.25) is 14.5 Å². The van der Waals surface area contributed by atoms with E-state index in [-0.39, 0.29) is 28.5 Å². The van der Waals surface area contributed by atoms with E-state index in [0.717, 1.165) is 36.2 Å². The standard InChI is InChI=1S/C31H32N2O6S/c1-5-7-8-9-16-38-21-13-11-20(12-14-21)25-24-26(34)22-17-18(3)10-15-23(22)39-27(24)29(35)33(25)31-32-19(4)28(40-31)30(36)37-6-2/h10-15,17,25H,5-9,16H2,1-4H3. The van der Waals surface area contributed by atoms with E-state index in [4.69, 9.17) is 13.9 Å². The van der Waals surface area contributed by atoms with Gasteiger partial charge in [0.1, 0.15) is 16.2 Å². The number of thiazole rings is 1. The number of benzene rings is 2. The zero-order chi connectivity index (χ0) is 28.4. The monoisotopic (exact) mass is 560 g/mol. The smallest absolute Gasteiger partial charge is 0.350 e. The molecule has 208 valence electrons. The molecule has 3 heterocycles. The molecule has 0 radical (unpaired) electrons. The molecule has 4 aromatic rings. The van der Waals surface area contributed by atoms with Crippen LogP contribution in [0.5, 0.6) is 5.75 Å². The van der Waals surface area contributed by atoms with Gasteiger partial charge in [-0.25, -0.2) is 9.78 Å². The third-order valence-corrected chi connectivity index (χ3v) is 8.08. The third-order valence-electron chi connectivity index (χ3n) is 6.94. The fourth-order valence-electron chi connectivity index (χ4n) is 4.94. The largest absolute Gasteiger partial charge is 0.494 e. The van der Waals surface area contributed by atoms with E-state index in [9.17, 15) is 14.4 Å². The molecule has 2 aromatic heterocycles. The number of rotatable bonds is 10. The molecule has 40 heavy (non-hydrogen) atoms. The summed E-state index contributed by atoms with van der Waals surface area (Å²) in [4.78, 5) is 46.6. The lowest BCUT2D eigenvalue weighted by molar-refractivity contribution is 0.0531. The van der Waals surface area contributed by atoms with Crippen LogP contribution in [-0.4, -0.2) is 30.1 Å². The number of aromatic nitrogens is 1. The minimum Gasteiger partial charge on any atom is -0.494 e. The summed E-state index contributed by atoms with van der Waals surface area (Å²) in [5.74, 6) is -0.291. The first kappa shape index (κ1) is 27.6. The summed E-state index contributed by atoms with van der Waals surface area (Å²) < 4.78 is 17.2. The molecule has 0 fully saturated rings. The van der Waals surface area contributed by atoms with Crippen LogP contribution in [0.1, 0.15) is 88.2 Å². The van der Waals surface area contributed by atoms with Crippen LogP contribution in [0.4, 0.5) is 5.13 Å². The lowest BCUT2D eigenvalue weighted by Gasteiger charge is -2.22. The second-order valence-corrected chi connectivity index (χ2v) is 10.8. The molecule has 0 saturated heterocycles. The van der Waals surface area contributed by atoms with E-state index < -0.39 is 17.9 Å². The zero-order valence-electron chi connectivity index (χ0n) is 23.1. The summed E-state index contributed by atoms with van der Waals surface area (Å²) >= 11 is 1.06. The minimum atomic E-state index is -0.789. The second-order valence-electron chi connectivity index (χ2n) is 9.86. The summed E-state index contributed by atoms with van der Waals surface area (Å²) in [6, 6.07) is 11.9. The highest BCUT2D eigenvalue weighted by atomic mass is 32.1. The molecule has 8 nitrogen and oxygen atoms in total. The van der Waals surface area contributed by atoms with Crippen molar-refractivity contribution in [1.29, 1.82) is 0 Å². The number of carbonyl (C=O) groups is 2. The molecule has 9 heteroatoms. The second kappa shape index (κ2) is 11.6. The number of anilines is 1. The predicted octanol–water partition coefficient (Wildman–Crippen LogP) is 6.75. The highest BCUT2D eigenvalue weighted by Gasteiger charge is 2.45. The molecule has 1 unspecified atom stereocenters. The van der Waals surface area contributed by atoms with E-state index in [0.29, 0.717) is 39.5 Å². The van der Waals surface area contributed by atoms with Crippen LogP contribution in [-0.2, 0) is 4.74 Å². The van der Waals surface area contributed by atoms with Crippen LogP contribution in [0.3, 0.4) is 0 Å². The van der Waals surface area contributed by atoms with Crippen molar-refractivity contribution in [3.05, 3.63) is 85.7 Å². The SMILES string of the molecule is CCCCCCOc1ccc(C2c3c(oc4ccc(C)cc4c3=O)C(=O)N2c2nc(C)c(C(=O)OCC)s2)cc1. The lowest BCUT2D eigenvalue weighted by Crippen LogP contribution is -2.29. The van der Waals surface area contributed by atoms with Gasteiger partial charge in [0.25, 0.3) is 5.91 Å². The molecule has 1 aliphatic heterocycles. The van der Waals surface area contributed by atoms with Crippen LogP contribution in [0.25, 0.3) is 11.0 Å². The number of fused-ring (bicyclic) bond motifs is 2. The first-order chi connectivity index (χ1) is 19.3. The molecular formula is C31H32N2O6S. The number of hydrogen-bond donors (Lipinski definition) is 0. The average molecular weight is 561 g/mol. The van der Waals surface area contributed by atoms with Gasteiger partial charge >= 0.3 is 5.97 Å². The topological polar surface area (TPSA) is 98.9 Å². The van der Waals surface area contributed by atoms with Crippen LogP contribution in [0, 0.1) is 13.8 Å². The van der Waals surface area contributed by atoms with Crippen LogP contribution < -0.4 is 15.1 Å². The van der Waals surface area contributed by atoms with Crippen LogP contribution in [0.15, 0.2) is 51.7 Å². The Balaban J connectivity index is 1.59. The van der Waals surface area contributed by atoms with Crippen molar-refractivity contribution in [2.45, 2.75) is 59.4 Å². The Morgan fingerprint density at radius 2 is 1.82 bits per heavy atom. The molecule has 1 atom stereocenters. The summed E-state index contributed by atoms with van der Waals surface area (Å²) in [5, 5.41) is 0.700. The van der Waals surface area contributed by atoms with Crippen molar-refractivity contribution in [3.63, 3.8) is 0 Å². The summed E-state index contributed by atoms with van der Waals surface area (Å²) in [5.41, 5.74) is 2.39. The van der Waals surface area contributed by atoms with Gasteiger partial charge in [-0.05, 0) is 57.0 Å². The first-order valence-corrected chi connectivity index (χ1v) is 14.4. The summed E-state index contributed by atoms with van der Waals surface area (Å²) in [6.07, 6.45) is 4.44. The molecule has 5 rings (SSSR count). The van der Waals surface area contributed by atoms with Crippen molar-refractivity contribution in [1.82, 2.24) is 4.98 Å². The van der Waals surface area contributed by atoms with E-state index >= 15 is 0 Å². The van der Waals surface area contributed by atoms with Gasteiger partial charge in [0.05, 0.1) is 35.9 Å². The molecule has 0 bridgehead atoms. The Labute approximate surface area is 236 Å². The van der Waals surface area contributed by atoms with Crippen molar-refractivity contribution in [3.8, 4) is 5.75 Å². The molecule has 0 aliphatic carbocycles. The Bertz CT molecular complexity index is 1620. The number of esters is 1. The highest BCUT2D eigenvalue weighted by Crippen LogP contribution is 2.43. The van der Waals surface area contributed by atoms with Crippen LogP contribution in [0.2, 0.25) is 0 Å². The molecule has 1 amide bonds. The Morgan fingerprint density at radius 1 is 1.05 bits per heavy atom. The van der Waals surface area contributed by atoms with Gasteiger partial charge in [0.15, 0.2) is 10.6 Å². The van der Waals surface area contributed by atoms with Crippen molar-refractivity contribution in [2.24, 2.45) is 0 Å². The van der Waals surface area contributed by atoms with Crippen molar-refractivity contribution in [2.75, 3.05) is 18.1 Å². The quantitative estimate of drug-likeness (QED) is 0.156. The third kappa shape index (κ3) is 5.13. The van der Waals surface area contributed by atoms with Crippen molar-refractivity contribution < 1.29 is 23.5 Å². The average Bonchev–Trinajstić information content (AvgIpc) is 3.46. The Morgan fingerprint density at radius 3 is 2.55 bits per heavy atom. The van der Waals surface area contributed by atoms with E-state index in [2.05, 4.69) is 11.9 Å². The van der Waals surface area contributed by atoms with Gasteiger partial charge in [-0.2, -0.15) is 0 Å². The molecule has 0 saturated carbocycles. The summed E-state index contributed by atoms with van der Waals surface area (Å²) in [7, 11) is 0. The predicted molar refractivity (Wildman–Crippen MR) is 155 cm³/mol. The molecule has 2 aromatic carbocycles. The van der Waals surface area contributed by atoms with Gasteiger partial charge in [0.2, 0.25) is 5.76 Å². The van der Waals surface area contributed by atoms with Gasteiger partial charge < -0.3 is 13.9 Å². The fraction of sp³-hybridized carbons (Fsp3) is 0.355. The number of carbonyl (C=O) groups excluding carboxylic acids is 2. The Kier molecular flexibility index (Phi) is 8.02. The molecular weight excluding hydrogens is 528 g/mol. The molecule has 0 N–H and O–H groups in total. The van der Waals surface area contributed by atoms with Crippen LogP contribution >= 0.6 is 11.3 Å². The molecule has 0 spiro atoms. The van der Waals surface area contributed by atoms with Gasteiger partial charge in [-0.1, -0.05) is 61.3 Å². The maximum atomic E-state index is 13.9.